The molecule has 2 heterocycles. The van der Waals surface area contributed by atoms with E-state index < -0.39 is 0 Å². The van der Waals surface area contributed by atoms with E-state index >= 15 is 0 Å². The van der Waals surface area contributed by atoms with Gasteiger partial charge in [0.05, 0.1) is 23.6 Å². The molecule has 0 atom stereocenters. The highest BCUT2D eigenvalue weighted by molar-refractivity contribution is 7.17. The van der Waals surface area contributed by atoms with Gasteiger partial charge in [-0.05, 0) is 26.0 Å². The van der Waals surface area contributed by atoms with E-state index in [0.29, 0.717) is 24.8 Å². The summed E-state index contributed by atoms with van der Waals surface area (Å²) < 4.78 is 5.14. The Balaban J connectivity index is 1.92. The van der Waals surface area contributed by atoms with Gasteiger partial charge in [-0.15, -0.1) is 22.7 Å². The number of rotatable bonds is 6. The van der Waals surface area contributed by atoms with Gasteiger partial charge in [0.15, 0.2) is 5.13 Å². The molecule has 2 aromatic rings. The number of thiazole rings is 1. The molecule has 2 rings (SSSR count). The number of nitrogens with one attached hydrogen (secondary N) is 1. The van der Waals surface area contributed by atoms with Crippen LogP contribution in [0.5, 0.6) is 0 Å². The van der Waals surface area contributed by atoms with Gasteiger partial charge in [-0.3, -0.25) is 4.79 Å². The van der Waals surface area contributed by atoms with Crippen LogP contribution in [0.25, 0.3) is 10.6 Å². The van der Waals surface area contributed by atoms with Crippen LogP contribution in [0.2, 0.25) is 0 Å². The van der Waals surface area contributed by atoms with Crippen LogP contribution < -0.4 is 5.32 Å². The minimum absolute atomic E-state index is 0.0586. The number of hydrogen-bond acceptors (Lipinski definition) is 5. The van der Waals surface area contributed by atoms with Gasteiger partial charge in [0, 0.05) is 16.9 Å². The molecule has 0 aliphatic heterocycles. The molecule has 0 bridgehead atoms. The molecule has 0 fully saturated rings. The lowest BCUT2D eigenvalue weighted by atomic mass is 10.4. The molecule has 0 aliphatic carbocycles. The zero-order valence-corrected chi connectivity index (χ0v) is 12.6. The van der Waals surface area contributed by atoms with Crippen LogP contribution in [0, 0.1) is 6.92 Å². The standard InChI is InChI=1S/C13H16N2O2S2/c1-3-17-7-6-12(16)15-13-14-10(8-18-13)11-5-4-9(2)19-11/h4-5,8H,3,6-7H2,1-2H3,(H,14,15,16). The summed E-state index contributed by atoms with van der Waals surface area (Å²) >= 11 is 3.15. The van der Waals surface area contributed by atoms with Crippen LogP contribution in [0.15, 0.2) is 17.5 Å². The molecule has 0 unspecified atom stereocenters. The van der Waals surface area contributed by atoms with Crippen molar-refractivity contribution in [3.63, 3.8) is 0 Å². The number of thiophene rings is 1. The van der Waals surface area contributed by atoms with Crippen molar-refractivity contribution in [2.75, 3.05) is 18.5 Å². The number of nitrogens with zero attached hydrogens (tertiary/aromatic N) is 1. The maximum Gasteiger partial charge on any atom is 0.228 e. The lowest BCUT2D eigenvalue weighted by molar-refractivity contribution is -0.117. The SMILES string of the molecule is CCOCCC(=O)Nc1nc(-c2ccc(C)s2)cs1. The molecule has 2 aromatic heterocycles. The van der Waals surface area contributed by atoms with E-state index in [-0.39, 0.29) is 5.91 Å². The fourth-order valence-corrected chi connectivity index (χ4v) is 3.14. The summed E-state index contributed by atoms with van der Waals surface area (Å²) in [6.07, 6.45) is 0.362. The Bertz CT molecular complexity index is 548. The molecule has 1 amide bonds. The molecule has 4 nitrogen and oxygen atoms in total. The number of ether oxygens (including phenoxy) is 1. The van der Waals surface area contributed by atoms with Crippen LogP contribution >= 0.6 is 22.7 Å². The quantitative estimate of drug-likeness (QED) is 0.829. The van der Waals surface area contributed by atoms with Crippen LogP contribution in [0.3, 0.4) is 0 Å². The Morgan fingerprint density at radius 2 is 2.32 bits per heavy atom. The number of anilines is 1. The predicted octanol–water partition coefficient (Wildman–Crippen LogP) is 3.55. The molecular formula is C13H16N2O2S2. The van der Waals surface area contributed by atoms with Crippen molar-refractivity contribution in [2.45, 2.75) is 20.3 Å². The summed E-state index contributed by atoms with van der Waals surface area (Å²) in [5.74, 6) is -0.0586. The number of amides is 1. The smallest absolute Gasteiger partial charge is 0.228 e. The first-order valence-electron chi connectivity index (χ1n) is 6.09. The molecule has 19 heavy (non-hydrogen) atoms. The molecule has 1 N–H and O–H groups in total. The number of carbonyl (C=O) groups excluding carboxylic acids is 1. The third kappa shape index (κ3) is 4.12. The fourth-order valence-electron chi connectivity index (χ4n) is 1.51. The second kappa shape index (κ2) is 6.79. The monoisotopic (exact) mass is 296 g/mol. The van der Waals surface area contributed by atoms with Gasteiger partial charge in [0.1, 0.15) is 0 Å². The van der Waals surface area contributed by atoms with Crippen LogP contribution in [0.1, 0.15) is 18.2 Å². The van der Waals surface area contributed by atoms with Crippen molar-refractivity contribution in [3.05, 3.63) is 22.4 Å². The number of carbonyl (C=O) groups is 1. The van der Waals surface area contributed by atoms with Crippen LogP contribution in [0.4, 0.5) is 5.13 Å². The van der Waals surface area contributed by atoms with Gasteiger partial charge < -0.3 is 10.1 Å². The van der Waals surface area contributed by atoms with Gasteiger partial charge in [-0.2, -0.15) is 0 Å². The average Bonchev–Trinajstić information content (AvgIpc) is 2.98. The van der Waals surface area contributed by atoms with Crippen molar-refractivity contribution in [1.29, 1.82) is 0 Å². The number of aromatic nitrogens is 1. The Hall–Kier alpha value is -1.24. The van der Waals surface area contributed by atoms with E-state index in [2.05, 4.69) is 29.4 Å². The molecule has 0 saturated heterocycles. The molecule has 0 aliphatic rings. The molecule has 0 radical (unpaired) electrons. The fraction of sp³-hybridized carbons (Fsp3) is 0.385. The summed E-state index contributed by atoms with van der Waals surface area (Å²) in [5, 5.41) is 5.39. The van der Waals surface area contributed by atoms with E-state index in [1.165, 1.54) is 16.2 Å². The van der Waals surface area contributed by atoms with Crippen molar-refractivity contribution in [2.24, 2.45) is 0 Å². The summed E-state index contributed by atoms with van der Waals surface area (Å²) in [6.45, 7) is 5.06. The Morgan fingerprint density at radius 1 is 1.47 bits per heavy atom. The minimum Gasteiger partial charge on any atom is -0.381 e. The zero-order valence-electron chi connectivity index (χ0n) is 10.9. The normalized spacial score (nSPS) is 10.6. The van der Waals surface area contributed by atoms with Gasteiger partial charge in [-0.25, -0.2) is 4.98 Å². The lowest BCUT2D eigenvalue weighted by Crippen LogP contribution is -2.13. The van der Waals surface area contributed by atoms with Crippen molar-refractivity contribution in [3.8, 4) is 10.6 Å². The Labute approximate surface area is 120 Å². The van der Waals surface area contributed by atoms with E-state index in [1.807, 2.05) is 12.3 Å². The lowest BCUT2D eigenvalue weighted by Gasteiger charge is -2.01. The van der Waals surface area contributed by atoms with Crippen molar-refractivity contribution in [1.82, 2.24) is 4.98 Å². The highest BCUT2D eigenvalue weighted by Crippen LogP contribution is 2.30. The molecule has 0 saturated carbocycles. The summed E-state index contributed by atoms with van der Waals surface area (Å²) in [5.41, 5.74) is 0.920. The summed E-state index contributed by atoms with van der Waals surface area (Å²) in [4.78, 5) is 18.4. The molecule has 102 valence electrons. The highest BCUT2D eigenvalue weighted by atomic mass is 32.1. The molecule has 0 spiro atoms. The number of aryl methyl sites for hydroxylation is 1. The van der Waals surface area contributed by atoms with E-state index in [1.54, 1.807) is 11.3 Å². The van der Waals surface area contributed by atoms with Gasteiger partial charge in [0.25, 0.3) is 0 Å². The van der Waals surface area contributed by atoms with Gasteiger partial charge >= 0.3 is 0 Å². The first kappa shape index (κ1) is 14.2. The minimum atomic E-state index is -0.0586. The maximum absolute atomic E-state index is 11.6. The second-order valence-corrected chi connectivity index (χ2v) is 6.09. The van der Waals surface area contributed by atoms with E-state index in [0.717, 1.165) is 10.6 Å². The number of hydrogen-bond donors (Lipinski definition) is 1. The topological polar surface area (TPSA) is 51.2 Å². The molecular weight excluding hydrogens is 280 g/mol. The summed E-state index contributed by atoms with van der Waals surface area (Å²) in [7, 11) is 0. The van der Waals surface area contributed by atoms with Crippen molar-refractivity contribution >= 4 is 33.7 Å². The summed E-state index contributed by atoms with van der Waals surface area (Å²) in [6, 6.07) is 4.12. The Morgan fingerprint density at radius 3 is 3.00 bits per heavy atom. The average molecular weight is 296 g/mol. The largest absolute Gasteiger partial charge is 0.381 e. The first-order chi connectivity index (χ1) is 9.19. The second-order valence-electron chi connectivity index (χ2n) is 3.94. The van der Waals surface area contributed by atoms with E-state index in [9.17, 15) is 4.79 Å². The third-order valence-corrected chi connectivity index (χ3v) is 4.20. The van der Waals surface area contributed by atoms with Gasteiger partial charge in [-0.1, -0.05) is 0 Å². The highest BCUT2D eigenvalue weighted by Gasteiger charge is 2.09. The maximum atomic E-state index is 11.6. The van der Waals surface area contributed by atoms with Crippen molar-refractivity contribution < 1.29 is 9.53 Å². The molecule has 0 aromatic carbocycles. The zero-order chi connectivity index (χ0) is 13.7. The predicted molar refractivity (Wildman–Crippen MR) is 79.9 cm³/mol. The first-order valence-corrected chi connectivity index (χ1v) is 7.78. The Kier molecular flexibility index (Phi) is 5.07. The van der Waals surface area contributed by atoms with E-state index in [4.69, 9.17) is 4.74 Å². The third-order valence-electron chi connectivity index (χ3n) is 2.42. The van der Waals surface area contributed by atoms with Crippen LogP contribution in [-0.2, 0) is 9.53 Å². The van der Waals surface area contributed by atoms with Gasteiger partial charge in [0.2, 0.25) is 5.91 Å². The van der Waals surface area contributed by atoms with Crippen LogP contribution in [-0.4, -0.2) is 24.1 Å². The molecule has 6 heteroatoms.